The van der Waals surface area contributed by atoms with Gasteiger partial charge in [-0.05, 0) is 29.7 Å². The molecule has 0 aliphatic heterocycles. The lowest BCUT2D eigenvalue weighted by atomic mass is 10.1. The summed E-state index contributed by atoms with van der Waals surface area (Å²) in [6.45, 7) is 0. The number of azo groups is 1. The van der Waals surface area contributed by atoms with Crippen LogP contribution in [0.3, 0.4) is 0 Å². The summed E-state index contributed by atoms with van der Waals surface area (Å²) < 4.78 is 32.9. The van der Waals surface area contributed by atoms with Crippen LogP contribution in [-0.4, -0.2) is 13.0 Å². The van der Waals surface area contributed by atoms with Crippen molar-refractivity contribution < 1.29 is 13.0 Å². The standard InChI is InChI=1S/C20H15N3O3S/c21-16-11-12-18(15-8-4-10-19(20(15)16)27(24,25)26)23-22-17-9-3-6-13-5-1-2-7-14(13)17/h1-12H,21H2,(H,24,25,26). The van der Waals surface area contributed by atoms with Gasteiger partial charge in [-0.3, -0.25) is 4.55 Å². The van der Waals surface area contributed by atoms with E-state index < -0.39 is 10.1 Å². The molecule has 0 bridgehead atoms. The molecule has 4 aromatic carbocycles. The van der Waals surface area contributed by atoms with Gasteiger partial charge < -0.3 is 5.73 Å². The average Bonchev–Trinajstić information content (AvgIpc) is 2.66. The van der Waals surface area contributed by atoms with E-state index in [0.29, 0.717) is 16.8 Å². The molecular formula is C20H15N3O3S. The lowest BCUT2D eigenvalue weighted by molar-refractivity contribution is 0.484. The van der Waals surface area contributed by atoms with Crippen LogP contribution in [0.1, 0.15) is 0 Å². The first-order valence-corrected chi connectivity index (χ1v) is 9.57. The van der Waals surface area contributed by atoms with E-state index in [4.69, 9.17) is 5.73 Å². The van der Waals surface area contributed by atoms with Gasteiger partial charge in [0.05, 0.1) is 11.4 Å². The molecule has 0 saturated heterocycles. The molecule has 0 radical (unpaired) electrons. The number of hydrogen-bond donors (Lipinski definition) is 2. The second-order valence-electron chi connectivity index (χ2n) is 6.03. The molecule has 0 unspecified atom stereocenters. The molecule has 0 saturated carbocycles. The Hall–Kier alpha value is -3.29. The number of nitrogens with zero attached hydrogens (tertiary/aromatic N) is 2. The molecular weight excluding hydrogens is 362 g/mol. The van der Waals surface area contributed by atoms with Gasteiger partial charge in [-0.15, -0.1) is 10.2 Å². The quantitative estimate of drug-likeness (QED) is 0.289. The molecule has 134 valence electrons. The number of nitrogen functional groups attached to an aromatic ring is 1. The third-order valence-electron chi connectivity index (χ3n) is 4.32. The van der Waals surface area contributed by atoms with Crippen LogP contribution < -0.4 is 5.73 Å². The minimum atomic E-state index is -4.42. The van der Waals surface area contributed by atoms with Crippen molar-refractivity contribution >= 4 is 48.7 Å². The lowest BCUT2D eigenvalue weighted by Crippen LogP contribution is -2.01. The summed E-state index contributed by atoms with van der Waals surface area (Å²) in [6.07, 6.45) is 0. The van der Waals surface area contributed by atoms with E-state index in [-0.39, 0.29) is 16.0 Å². The van der Waals surface area contributed by atoms with Gasteiger partial charge in [0.15, 0.2) is 0 Å². The normalized spacial score (nSPS) is 12.2. The highest BCUT2D eigenvalue weighted by atomic mass is 32.2. The molecule has 4 rings (SSSR count). The second-order valence-corrected chi connectivity index (χ2v) is 7.42. The topological polar surface area (TPSA) is 105 Å². The molecule has 0 atom stereocenters. The summed E-state index contributed by atoms with van der Waals surface area (Å²) in [6, 6.07) is 21.3. The molecule has 0 fully saturated rings. The van der Waals surface area contributed by atoms with Crippen molar-refractivity contribution in [3.05, 3.63) is 72.8 Å². The fourth-order valence-corrected chi connectivity index (χ4v) is 3.83. The summed E-state index contributed by atoms with van der Waals surface area (Å²) in [7, 11) is -4.42. The minimum absolute atomic E-state index is 0.231. The molecule has 0 aliphatic rings. The number of benzene rings is 4. The van der Waals surface area contributed by atoms with E-state index in [1.807, 2.05) is 42.5 Å². The molecule has 0 amide bonds. The number of rotatable bonds is 3. The average molecular weight is 377 g/mol. The molecule has 4 aromatic rings. The summed E-state index contributed by atoms with van der Waals surface area (Å²) in [5.74, 6) is 0. The highest BCUT2D eigenvalue weighted by Gasteiger charge is 2.17. The smallest absolute Gasteiger partial charge is 0.295 e. The number of anilines is 1. The van der Waals surface area contributed by atoms with Crippen molar-refractivity contribution in [3.8, 4) is 0 Å². The maximum atomic E-state index is 11.7. The van der Waals surface area contributed by atoms with Crippen LogP contribution in [0.5, 0.6) is 0 Å². The molecule has 6 nitrogen and oxygen atoms in total. The predicted octanol–water partition coefficient (Wildman–Crippen LogP) is 5.24. The summed E-state index contributed by atoms with van der Waals surface area (Å²) >= 11 is 0. The highest BCUT2D eigenvalue weighted by molar-refractivity contribution is 7.86. The first kappa shape index (κ1) is 17.1. The van der Waals surface area contributed by atoms with E-state index in [9.17, 15) is 13.0 Å². The monoisotopic (exact) mass is 377 g/mol. The molecule has 0 aliphatic carbocycles. The zero-order chi connectivity index (χ0) is 19.0. The van der Waals surface area contributed by atoms with Crippen molar-refractivity contribution in [2.75, 3.05) is 5.73 Å². The van der Waals surface area contributed by atoms with Crippen LogP contribution in [0.4, 0.5) is 17.1 Å². The Morgan fingerprint density at radius 3 is 2.15 bits per heavy atom. The molecule has 3 N–H and O–H groups in total. The van der Waals surface area contributed by atoms with Crippen LogP contribution in [0.15, 0.2) is 87.9 Å². The van der Waals surface area contributed by atoms with Gasteiger partial charge in [0.1, 0.15) is 4.90 Å². The first-order chi connectivity index (χ1) is 12.9. The Morgan fingerprint density at radius 2 is 1.37 bits per heavy atom. The number of hydrogen-bond acceptors (Lipinski definition) is 5. The summed E-state index contributed by atoms with van der Waals surface area (Å²) in [5.41, 5.74) is 7.35. The van der Waals surface area contributed by atoms with Gasteiger partial charge in [-0.1, -0.05) is 48.5 Å². The Balaban J connectivity index is 1.90. The van der Waals surface area contributed by atoms with Crippen molar-refractivity contribution in [1.29, 1.82) is 0 Å². The van der Waals surface area contributed by atoms with E-state index in [0.717, 1.165) is 10.8 Å². The Kier molecular flexibility index (Phi) is 4.10. The van der Waals surface area contributed by atoms with Crippen molar-refractivity contribution in [1.82, 2.24) is 0 Å². The van der Waals surface area contributed by atoms with Gasteiger partial charge in [-0.2, -0.15) is 8.42 Å². The van der Waals surface area contributed by atoms with Crippen molar-refractivity contribution in [2.24, 2.45) is 10.2 Å². The van der Waals surface area contributed by atoms with E-state index in [1.165, 1.54) is 12.1 Å². The SMILES string of the molecule is Nc1ccc(N=Nc2cccc3ccccc23)c2cccc(S(=O)(=O)O)c12. The Bertz CT molecular complexity index is 1310. The fraction of sp³-hybridized carbons (Fsp3) is 0. The van der Waals surface area contributed by atoms with Crippen molar-refractivity contribution in [3.63, 3.8) is 0 Å². The lowest BCUT2D eigenvalue weighted by Gasteiger charge is -2.08. The van der Waals surface area contributed by atoms with Crippen molar-refractivity contribution in [2.45, 2.75) is 4.90 Å². The van der Waals surface area contributed by atoms with Gasteiger partial charge in [0.2, 0.25) is 0 Å². The first-order valence-electron chi connectivity index (χ1n) is 8.13. The van der Waals surface area contributed by atoms with E-state index >= 15 is 0 Å². The van der Waals surface area contributed by atoms with Gasteiger partial charge in [0, 0.05) is 21.8 Å². The third kappa shape index (κ3) is 3.14. The third-order valence-corrected chi connectivity index (χ3v) is 5.22. The molecule has 0 spiro atoms. The Labute approximate surface area is 155 Å². The minimum Gasteiger partial charge on any atom is -0.398 e. The van der Waals surface area contributed by atoms with Crippen LogP contribution in [0.25, 0.3) is 21.5 Å². The predicted molar refractivity (Wildman–Crippen MR) is 106 cm³/mol. The largest absolute Gasteiger partial charge is 0.398 e. The summed E-state index contributed by atoms with van der Waals surface area (Å²) in [4.78, 5) is -0.250. The zero-order valence-corrected chi connectivity index (χ0v) is 14.9. The molecule has 27 heavy (non-hydrogen) atoms. The Morgan fingerprint density at radius 1 is 0.741 bits per heavy atom. The highest BCUT2D eigenvalue weighted by Crippen LogP contribution is 2.36. The fourth-order valence-electron chi connectivity index (χ4n) is 3.09. The van der Waals surface area contributed by atoms with Crippen LogP contribution in [0, 0.1) is 0 Å². The molecule has 0 aromatic heterocycles. The van der Waals surface area contributed by atoms with Gasteiger partial charge in [0.25, 0.3) is 10.1 Å². The van der Waals surface area contributed by atoms with Gasteiger partial charge in [-0.25, -0.2) is 0 Å². The second kappa shape index (κ2) is 6.46. The molecule has 0 heterocycles. The number of nitrogens with two attached hydrogens (primary N) is 1. The maximum absolute atomic E-state index is 11.7. The van der Waals surface area contributed by atoms with E-state index in [1.54, 1.807) is 18.2 Å². The van der Waals surface area contributed by atoms with E-state index in [2.05, 4.69) is 10.2 Å². The summed E-state index contributed by atoms with van der Waals surface area (Å²) in [5, 5.41) is 11.4. The van der Waals surface area contributed by atoms with Crippen LogP contribution in [-0.2, 0) is 10.1 Å². The van der Waals surface area contributed by atoms with Crippen LogP contribution >= 0.6 is 0 Å². The molecule has 7 heteroatoms. The maximum Gasteiger partial charge on any atom is 0.295 e. The number of fused-ring (bicyclic) bond motifs is 2. The zero-order valence-electron chi connectivity index (χ0n) is 14.1. The van der Waals surface area contributed by atoms with Gasteiger partial charge >= 0.3 is 0 Å². The van der Waals surface area contributed by atoms with Crippen LogP contribution in [0.2, 0.25) is 0 Å².